The van der Waals surface area contributed by atoms with Crippen molar-refractivity contribution in [2.24, 2.45) is 0 Å². The lowest BCUT2D eigenvalue weighted by Crippen LogP contribution is -2.33. The Morgan fingerprint density at radius 1 is 1.04 bits per heavy atom. The minimum Gasteiger partial charge on any atom is -0.493 e. The van der Waals surface area contributed by atoms with Gasteiger partial charge in [0.15, 0.2) is 0 Å². The summed E-state index contributed by atoms with van der Waals surface area (Å²) in [5, 5.41) is 0. The van der Waals surface area contributed by atoms with E-state index in [1.165, 1.54) is 12.1 Å². The van der Waals surface area contributed by atoms with Crippen molar-refractivity contribution in [1.82, 2.24) is 4.31 Å². The van der Waals surface area contributed by atoms with Crippen LogP contribution in [0.1, 0.15) is 22.3 Å². The van der Waals surface area contributed by atoms with Crippen LogP contribution in [0.25, 0.3) is 0 Å². The highest BCUT2D eigenvalue weighted by Gasteiger charge is 2.40. The van der Waals surface area contributed by atoms with Crippen LogP contribution in [-0.2, 0) is 19.6 Å². The lowest BCUT2D eigenvalue weighted by Gasteiger charge is -2.15. The average molecular weight is 389 g/mol. The Morgan fingerprint density at radius 3 is 2.44 bits per heavy atom. The molecule has 0 N–H and O–H groups in total. The SMILES string of the molecule is Cc1ccc(OCCC(=O)OCCN2C(=O)c3ccccc3S2(=O)=O)cc1. The average Bonchev–Trinajstić information content (AvgIpc) is 2.84. The molecule has 0 atom stereocenters. The second-order valence-electron chi connectivity index (χ2n) is 6.01. The van der Waals surface area contributed by atoms with Gasteiger partial charge in [-0.1, -0.05) is 29.8 Å². The van der Waals surface area contributed by atoms with Gasteiger partial charge in [0.25, 0.3) is 15.9 Å². The first kappa shape index (κ1) is 18.9. The highest BCUT2D eigenvalue weighted by molar-refractivity contribution is 7.90. The van der Waals surface area contributed by atoms with E-state index in [4.69, 9.17) is 9.47 Å². The summed E-state index contributed by atoms with van der Waals surface area (Å²) >= 11 is 0. The van der Waals surface area contributed by atoms with Crippen LogP contribution in [0.5, 0.6) is 5.75 Å². The molecule has 0 aromatic heterocycles. The number of hydrogen-bond donors (Lipinski definition) is 0. The predicted molar refractivity (Wildman–Crippen MR) is 96.9 cm³/mol. The zero-order valence-corrected chi connectivity index (χ0v) is 15.6. The fourth-order valence-corrected chi connectivity index (χ4v) is 4.21. The number of carbonyl (C=O) groups excluding carboxylic acids is 2. The number of aryl methyl sites for hydroxylation is 1. The number of nitrogens with zero attached hydrogens (tertiary/aromatic N) is 1. The number of carbonyl (C=O) groups is 2. The molecule has 0 aliphatic carbocycles. The van der Waals surface area contributed by atoms with Crippen LogP contribution in [0.2, 0.25) is 0 Å². The highest BCUT2D eigenvalue weighted by atomic mass is 32.2. The first-order valence-corrected chi connectivity index (χ1v) is 9.85. The van der Waals surface area contributed by atoms with Crippen molar-refractivity contribution in [3.63, 3.8) is 0 Å². The molecule has 0 radical (unpaired) electrons. The molecule has 27 heavy (non-hydrogen) atoms. The van der Waals surface area contributed by atoms with Crippen molar-refractivity contribution < 1.29 is 27.5 Å². The van der Waals surface area contributed by atoms with Crippen LogP contribution < -0.4 is 4.74 Å². The molecular weight excluding hydrogens is 370 g/mol. The summed E-state index contributed by atoms with van der Waals surface area (Å²) in [6.07, 6.45) is 0.0226. The van der Waals surface area contributed by atoms with Crippen LogP contribution in [-0.4, -0.2) is 44.4 Å². The number of fused-ring (bicyclic) bond motifs is 1. The van der Waals surface area contributed by atoms with Gasteiger partial charge in [-0.15, -0.1) is 0 Å². The monoisotopic (exact) mass is 389 g/mol. The molecule has 0 bridgehead atoms. The summed E-state index contributed by atoms with van der Waals surface area (Å²) in [5.41, 5.74) is 1.24. The minimum absolute atomic E-state index is 0.0205. The molecule has 142 valence electrons. The Kier molecular flexibility index (Phi) is 5.46. The summed E-state index contributed by atoms with van der Waals surface area (Å²) in [7, 11) is -3.88. The maximum Gasteiger partial charge on any atom is 0.309 e. The van der Waals surface area contributed by atoms with E-state index in [1.54, 1.807) is 12.1 Å². The van der Waals surface area contributed by atoms with E-state index >= 15 is 0 Å². The number of sulfonamides is 1. The molecule has 2 aromatic carbocycles. The van der Waals surface area contributed by atoms with Crippen molar-refractivity contribution in [2.45, 2.75) is 18.2 Å². The quantitative estimate of drug-likeness (QED) is 0.674. The summed E-state index contributed by atoms with van der Waals surface area (Å²) in [6.45, 7) is 1.68. The Bertz CT molecular complexity index is 952. The second kappa shape index (κ2) is 7.79. The zero-order valence-electron chi connectivity index (χ0n) is 14.8. The molecule has 0 spiro atoms. The minimum atomic E-state index is -3.88. The van der Waals surface area contributed by atoms with E-state index in [0.717, 1.165) is 9.87 Å². The predicted octanol–water partition coefficient (Wildman–Crippen LogP) is 2.15. The van der Waals surface area contributed by atoms with Crippen molar-refractivity contribution in [3.05, 3.63) is 59.7 Å². The second-order valence-corrected chi connectivity index (χ2v) is 7.84. The summed E-state index contributed by atoms with van der Waals surface area (Å²) in [6, 6.07) is 13.4. The van der Waals surface area contributed by atoms with Crippen molar-refractivity contribution in [3.8, 4) is 5.75 Å². The van der Waals surface area contributed by atoms with Crippen LogP contribution in [0.4, 0.5) is 0 Å². The van der Waals surface area contributed by atoms with E-state index in [9.17, 15) is 18.0 Å². The van der Waals surface area contributed by atoms with Gasteiger partial charge in [-0.25, -0.2) is 12.7 Å². The normalized spacial score (nSPS) is 14.7. The van der Waals surface area contributed by atoms with Gasteiger partial charge in [-0.2, -0.15) is 0 Å². The Morgan fingerprint density at radius 2 is 1.74 bits per heavy atom. The van der Waals surface area contributed by atoms with Crippen molar-refractivity contribution in [2.75, 3.05) is 19.8 Å². The van der Waals surface area contributed by atoms with Gasteiger partial charge in [0.1, 0.15) is 17.3 Å². The highest BCUT2D eigenvalue weighted by Crippen LogP contribution is 2.29. The van der Waals surface area contributed by atoms with Crippen LogP contribution in [0.3, 0.4) is 0 Å². The van der Waals surface area contributed by atoms with Gasteiger partial charge in [0, 0.05) is 0 Å². The number of hydrogen-bond acceptors (Lipinski definition) is 6. The molecule has 7 nitrogen and oxygen atoms in total. The zero-order chi connectivity index (χ0) is 19.4. The standard InChI is InChI=1S/C19H19NO6S/c1-14-6-8-15(9-7-14)25-12-10-18(21)26-13-11-20-19(22)16-4-2-3-5-17(16)27(20,23)24/h2-9H,10-13H2,1H3. The fourth-order valence-electron chi connectivity index (χ4n) is 2.65. The van der Waals surface area contributed by atoms with Gasteiger partial charge >= 0.3 is 5.97 Å². The Balaban J connectivity index is 1.45. The van der Waals surface area contributed by atoms with E-state index < -0.39 is 21.9 Å². The van der Waals surface area contributed by atoms with Gasteiger partial charge in [-0.05, 0) is 31.2 Å². The fraction of sp³-hybridized carbons (Fsp3) is 0.263. The number of esters is 1. The Labute approximate surface area is 157 Å². The maximum atomic E-state index is 12.4. The van der Waals surface area contributed by atoms with Crippen molar-refractivity contribution >= 4 is 21.9 Å². The van der Waals surface area contributed by atoms with E-state index in [1.807, 2.05) is 31.2 Å². The molecule has 0 saturated heterocycles. The molecule has 0 unspecified atom stereocenters. The topological polar surface area (TPSA) is 90.0 Å². The molecule has 8 heteroatoms. The summed E-state index contributed by atoms with van der Waals surface area (Å²) in [4.78, 5) is 24.0. The molecule has 1 aliphatic heterocycles. The van der Waals surface area contributed by atoms with E-state index in [0.29, 0.717) is 5.75 Å². The van der Waals surface area contributed by atoms with Crippen LogP contribution in [0.15, 0.2) is 53.4 Å². The molecule has 3 rings (SSSR count). The Hall–Kier alpha value is -2.87. The number of ether oxygens (including phenoxy) is 2. The molecule has 1 aliphatic rings. The third-order valence-electron chi connectivity index (χ3n) is 4.07. The molecule has 0 fully saturated rings. The van der Waals surface area contributed by atoms with Gasteiger partial charge in [0.05, 0.1) is 25.1 Å². The summed E-state index contributed by atoms with van der Waals surface area (Å²) < 4.78 is 35.9. The lowest BCUT2D eigenvalue weighted by molar-refractivity contribution is -0.144. The molecule has 2 aromatic rings. The molecule has 0 saturated carbocycles. The lowest BCUT2D eigenvalue weighted by atomic mass is 10.2. The van der Waals surface area contributed by atoms with E-state index in [-0.39, 0.29) is 36.6 Å². The van der Waals surface area contributed by atoms with Gasteiger partial charge < -0.3 is 9.47 Å². The number of rotatable bonds is 7. The molecule has 1 amide bonds. The number of benzene rings is 2. The van der Waals surface area contributed by atoms with Crippen molar-refractivity contribution in [1.29, 1.82) is 0 Å². The molecule has 1 heterocycles. The number of amides is 1. The third kappa shape index (κ3) is 4.11. The summed E-state index contributed by atoms with van der Waals surface area (Å²) in [5.74, 6) is -0.479. The van der Waals surface area contributed by atoms with Gasteiger partial charge in [0.2, 0.25) is 0 Å². The van der Waals surface area contributed by atoms with Gasteiger partial charge in [-0.3, -0.25) is 9.59 Å². The van der Waals surface area contributed by atoms with E-state index in [2.05, 4.69) is 0 Å². The maximum absolute atomic E-state index is 12.4. The van der Waals surface area contributed by atoms with Crippen LogP contribution in [0, 0.1) is 6.92 Å². The smallest absolute Gasteiger partial charge is 0.309 e. The molecular formula is C19H19NO6S. The first-order chi connectivity index (χ1) is 12.9. The third-order valence-corrected chi connectivity index (χ3v) is 5.91. The first-order valence-electron chi connectivity index (χ1n) is 8.41. The largest absolute Gasteiger partial charge is 0.493 e. The van der Waals surface area contributed by atoms with Crippen LogP contribution >= 0.6 is 0 Å².